The van der Waals surface area contributed by atoms with Crippen LogP contribution in [-0.2, 0) is 17.9 Å². The second-order valence-electron chi connectivity index (χ2n) is 5.82. The van der Waals surface area contributed by atoms with Crippen molar-refractivity contribution < 1.29 is 9.53 Å². The van der Waals surface area contributed by atoms with Gasteiger partial charge in [0.15, 0.2) is 0 Å². The molecule has 0 radical (unpaired) electrons. The van der Waals surface area contributed by atoms with Gasteiger partial charge in [0, 0.05) is 11.0 Å². The number of amides is 1. The second-order valence-corrected chi connectivity index (χ2v) is 7.73. The van der Waals surface area contributed by atoms with Crippen LogP contribution in [0.15, 0.2) is 51.7 Å². The van der Waals surface area contributed by atoms with Gasteiger partial charge in [-0.25, -0.2) is 0 Å². The topological polar surface area (TPSA) is 60.3 Å². The van der Waals surface area contributed by atoms with Gasteiger partial charge in [0.2, 0.25) is 5.91 Å². The number of hydrogen-bond donors (Lipinski definition) is 1. The normalized spacial score (nSPS) is 10.8. The van der Waals surface area contributed by atoms with Gasteiger partial charge in [0.25, 0.3) is 5.56 Å². The third-order valence-electron chi connectivity index (χ3n) is 3.80. The summed E-state index contributed by atoms with van der Waals surface area (Å²) in [5.74, 6) is 0.630. The molecule has 7 heteroatoms. The fourth-order valence-electron chi connectivity index (χ4n) is 2.49. The van der Waals surface area contributed by atoms with E-state index in [4.69, 9.17) is 4.74 Å². The van der Waals surface area contributed by atoms with Crippen LogP contribution in [0.25, 0.3) is 10.1 Å². The van der Waals surface area contributed by atoms with Crippen molar-refractivity contribution in [2.24, 2.45) is 0 Å². The maximum Gasteiger partial charge on any atom is 0.270 e. The van der Waals surface area contributed by atoms with Crippen molar-refractivity contribution in [3.8, 4) is 5.75 Å². The minimum absolute atomic E-state index is 0.0162. The zero-order chi connectivity index (χ0) is 18.5. The summed E-state index contributed by atoms with van der Waals surface area (Å²) in [5, 5.41) is 3.47. The molecule has 1 amide bonds. The van der Waals surface area contributed by atoms with Gasteiger partial charge in [-0.15, -0.1) is 0 Å². The summed E-state index contributed by atoms with van der Waals surface area (Å²) in [7, 11) is 0. The molecule has 3 aromatic rings. The molecule has 0 atom stereocenters. The lowest BCUT2D eigenvalue weighted by Gasteiger charge is -2.07. The average molecular weight is 435 g/mol. The van der Waals surface area contributed by atoms with Crippen LogP contribution in [0.2, 0.25) is 0 Å². The van der Waals surface area contributed by atoms with Gasteiger partial charge >= 0.3 is 0 Å². The Balaban J connectivity index is 1.60. The van der Waals surface area contributed by atoms with Gasteiger partial charge in [-0.3, -0.25) is 13.5 Å². The lowest BCUT2D eigenvalue weighted by molar-refractivity contribution is -0.121. The number of nitrogens with zero attached hydrogens (tertiary/aromatic N) is 1. The molecule has 3 rings (SSSR count). The van der Waals surface area contributed by atoms with Crippen LogP contribution in [0.1, 0.15) is 18.9 Å². The molecular weight excluding hydrogens is 416 g/mol. The monoisotopic (exact) mass is 434 g/mol. The maximum absolute atomic E-state index is 12.4. The Labute approximate surface area is 163 Å². The maximum atomic E-state index is 12.4. The lowest BCUT2D eigenvalue weighted by Crippen LogP contribution is -2.29. The van der Waals surface area contributed by atoms with E-state index in [1.165, 1.54) is 15.5 Å². The molecule has 1 aromatic heterocycles. The minimum Gasteiger partial charge on any atom is -0.494 e. The molecule has 0 unspecified atom stereocenters. The number of benzene rings is 2. The van der Waals surface area contributed by atoms with E-state index in [-0.39, 0.29) is 18.0 Å². The summed E-state index contributed by atoms with van der Waals surface area (Å²) in [5.41, 5.74) is 0.832. The fourth-order valence-corrected chi connectivity index (χ4v) is 4.18. The third-order valence-corrected chi connectivity index (χ3v) is 5.51. The number of aromatic nitrogens is 1. The van der Waals surface area contributed by atoms with Crippen molar-refractivity contribution in [1.82, 2.24) is 9.27 Å². The molecule has 26 heavy (non-hydrogen) atoms. The zero-order valence-electron chi connectivity index (χ0n) is 14.3. The van der Waals surface area contributed by atoms with E-state index in [1.54, 1.807) is 0 Å². The van der Waals surface area contributed by atoms with Crippen molar-refractivity contribution in [3.63, 3.8) is 0 Å². The SMILES string of the molecule is CCCOc1ccc(CNC(=O)Cn2sc3cccc(Br)c3c2=O)cc1. The number of carbonyl (C=O) groups excluding carboxylic acids is 1. The lowest BCUT2D eigenvalue weighted by atomic mass is 10.2. The molecule has 2 aromatic carbocycles. The molecule has 0 spiro atoms. The molecule has 0 aliphatic rings. The zero-order valence-corrected chi connectivity index (χ0v) is 16.7. The van der Waals surface area contributed by atoms with Crippen molar-refractivity contribution in [1.29, 1.82) is 0 Å². The smallest absolute Gasteiger partial charge is 0.270 e. The van der Waals surface area contributed by atoms with Crippen LogP contribution in [0.5, 0.6) is 5.75 Å². The van der Waals surface area contributed by atoms with Gasteiger partial charge in [0.05, 0.1) is 16.7 Å². The third kappa shape index (κ3) is 4.34. The predicted octanol–water partition coefficient (Wildman–Crippen LogP) is 3.93. The van der Waals surface area contributed by atoms with Gasteiger partial charge in [0.1, 0.15) is 12.3 Å². The van der Waals surface area contributed by atoms with Gasteiger partial charge < -0.3 is 10.1 Å². The van der Waals surface area contributed by atoms with Gasteiger partial charge in [-0.05, 0) is 52.2 Å². The van der Waals surface area contributed by atoms with Crippen molar-refractivity contribution in [3.05, 3.63) is 62.9 Å². The van der Waals surface area contributed by atoms with Crippen LogP contribution >= 0.6 is 27.5 Å². The molecule has 5 nitrogen and oxygen atoms in total. The summed E-state index contributed by atoms with van der Waals surface area (Å²) in [4.78, 5) is 24.6. The van der Waals surface area contributed by atoms with E-state index in [0.29, 0.717) is 18.5 Å². The first-order valence-electron chi connectivity index (χ1n) is 8.35. The summed E-state index contributed by atoms with van der Waals surface area (Å²) in [6.07, 6.45) is 0.964. The standard InChI is InChI=1S/C19H19BrN2O3S/c1-2-10-25-14-8-6-13(7-9-14)11-21-17(23)12-22-19(24)18-15(20)4-3-5-16(18)26-22/h3-9H,2,10-12H2,1H3,(H,21,23). The van der Waals surface area contributed by atoms with Crippen molar-refractivity contribution in [2.75, 3.05) is 6.61 Å². The van der Waals surface area contributed by atoms with Crippen LogP contribution in [-0.4, -0.2) is 16.5 Å². The molecule has 0 saturated carbocycles. The highest BCUT2D eigenvalue weighted by Gasteiger charge is 2.13. The van der Waals surface area contributed by atoms with E-state index >= 15 is 0 Å². The van der Waals surface area contributed by atoms with Crippen molar-refractivity contribution in [2.45, 2.75) is 26.4 Å². The van der Waals surface area contributed by atoms with E-state index in [0.717, 1.165) is 26.9 Å². The number of carbonyl (C=O) groups is 1. The Morgan fingerprint density at radius 2 is 2.00 bits per heavy atom. The molecule has 136 valence electrons. The largest absolute Gasteiger partial charge is 0.494 e. The molecular formula is C19H19BrN2O3S. The summed E-state index contributed by atoms with van der Waals surface area (Å²) in [6.45, 7) is 3.18. The highest BCUT2D eigenvalue weighted by Crippen LogP contribution is 2.24. The highest BCUT2D eigenvalue weighted by atomic mass is 79.9. The van der Waals surface area contributed by atoms with Gasteiger partial charge in [-0.1, -0.05) is 36.7 Å². The fraction of sp³-hybridized carbons (Fsp3) is 0.263. The molecule has 0 saturated heterocycles. The Hall–Kier alpha value is -2.12. The highest BCUT2D eigenvalue weighted by molar-refractivity contribution is 9.10. The second kappa shape index (κ2) is 8.51. The molecule has 0 aliphatic carbocycles. The Morgan fingerprint density at radius 3 is 2.69 bits per heavy atom. The predicted molar refractivity (Wildman–Crippen MR) is 108 cm³/mol. The summed E-state index contributed by atoms with van der Waals surface area (Å²) < 4.78 is 8.63. The summed E-state index contributed by atoms with van der Waals surface area (Å²) in [6, 6.07) is 13.2. The average Bonchev–Trinajstić information content (AvgIpc) is 2.96. The number of rotatable bonds is 7. The number of hydrogen-bond acceptors (Lipinski definition) is 4. The number of ether oxygens (including phenoxy) is 1. The Bertz CT molecular complexity index is 963. The number of nitrogens with one attached hydrogen (secondary N) is 1. The molecule has 1 heterocycles. The molecule has 1 N–H and O–H groups in total. The Morgan fingerprint density at radius 1 is 1.23 bits per heavy atom. The first-order chi connectivity index (χ1) is 12.6. The van der Waals surface area contributed by atoms with E-state index < -0.39 is 0 Å². The quantitative estimate of drug-likeness (QED) is 0.612. The van der Waals surface area contributed by atoms with E-state index in [9.17, 15) is 9.59 Å². The summed E-state index contributed by atoms with van der Waals surface area (Å²) >= 11 is 4.69. The number of halogens is 1. The number of fused-ring (bicyclic) bond motifs is 1. The van der Waals surface area contributed by atoms with E-state index in [2.05, 4.69) is 28.2 Å². The molecule has 0 fully saturated rings. The van der Waals surface area contributed by atoms with Gasteiger partial charge in [-0.2, -0.15) is 0 Å². The van der Waals surface area contributed by atoms with E-state index in [1.807, 2.05) is 42.5 Å². The van der Waals surface area contributed by atoms with Crippen LogP contribution in [0.3, 0.4) is 0 Å². The first kappa shape index (κ1) is 18.7. The van der Waals surface area contributed by atoms with Crippen molar-refractivity contribution >= 4 is 43.5 Å². The van der Waals surface area contributed by atoms with Crippen LogP contribution < -0.4 is 15.6 Å². The van der Waals surface area contributed by atoms with Crippen LogP contribution in [0, 0.1) is 0 Å². The van der Waals surface area contributed by atoms with Crippen LogP contribution in [0.4, 0.5) is 0 Å². The molecule has 0 aliphatic heterocycles. The first-order valence-corrected chi connectivity index (χ1v) is 9.92. The Kier molecular flexibility index (Phi) is 6.11. The minimum atomic E-state index is -0.193. The molecule has 0 bridgehead atoms.